The van der Waals surface area contributed by atoms with Crippen molar-refractivity contribution in [3.63, 3.8) is 0 Å². The van der Waals surface area contributed by atoms with Crippen molar-refractivity contribution in [1.29, 1.82) is 0 Å². The third kappa shape index (κ3) is 5.49. The Bertz CT molecular complexity index is 3720. The molecule has 10 aromatic carbocycles. The molecule has 0 fully saturated rings. The van der Waals surface area contributed by atoms with Gasteiger partial charge in [0.15, 0.2) is 0 Å². The summed E-state index contributed by atoms with van der Waals surface area (Å²) in [4.78, 5) is 1.90. The Labute approximate surface area is 391 Å². The molecule has 0 amide bonds. The summed E-state index contributed by atoms with van der Waals surface area (Å²) < 4.78 is 46.1. The van der Waals surface area contributed by atoms with Crippen molar-refractivity contribution in [2.24, 2.45) is 0 Å². The van der Waals surface area contributed by atoms with Crippen LogP contribution in [-0.4, -0.2) is 0 Å². The lowest BCUT2D eigenvalue weighted by atomic mass is 9.67. The van der Waals surface area contributed by atoms with Crippen molar-refractivity contribution in [1.82, 2.24) is 0 Å². The monoisotopic (exact) mass is 845 g/mol. The SMILES string of the molecule is [2H]c1c([2H])c(N(c2ccc3c(c2)C(c2ccccc2)(c2ccccc2)c2ccccc2-3)c2cccc3occc23)c([2H])c([2H])c1-c1ccc2c(c1)C(c1ccccc1)(c1ccccc1)c1ccccc1-2. The van der Waals surface area contributed by atoms with Crippen LogP contribution in [-0.2, 0) is 10.8 Å². The molecule has 0 aliphatic heterocycles. The number of rotatable bonds is 8. The van der Waals surface area contributed by atoms with E-state index in [2.05, 4.69) is 170 Å². The summed E-state index contributed by atoms with van der Waals surface area (Å²) in [6.45, 7) is 0. The Hall–Kier alpha value is -8.46. The zero-order valence-corrected chi connectivity index (χ0v) is 35.9. The van der Waals surface area contributed by atoms with E-state index in [0.717, 1.165) is 72.1 Å². The molecule has 66 heavy (non-hydrogen) atoms. The second-order valence-electron chi connectivity index (χ2n) is 17.2. The van der Waals surface area contributed by atoms with Crippen molar-refractivity contribution in [2.45, 2.75) is 10.8 Å². The van der Waals surface area contributed by atoms with Crippen LogP contribution in [0.4, 0.5) is 17.1 Å². The molecule has 0 saturated carbocycles. The predicted molar refractivity (Wildman–Crippen MR) is 271 cm³/mol. The lowest BCUT2D eigenvalue weighted by molar-refractivity contribution is 0.616. The fourth-order valence-electron chi connectivity index (χ4n) is 11.3. The van der Waals surface area contributed by atoms with Crippen LogP contribution in [0.15, 0.2) is 265 Å². The van der Waals surface area contributed by atoms with Gasteiger partial charge in [-0.3, -0.25) is 0 Å². The average molecular weight is 846 g/mol. The van der Waals surface area contributed by atoms with Crippen molar-refractivity contribution in [3.8, 4) is 33.4 Å². The molecule has 2 heteroatoms. The molecule has 0 bridgehead atoms. The first-order valence-corrected chi connectivity index (χ1v) is 22.5. The number of fused-ring (bicyclic) bond motifs is 7. The van der Waals surface area contributed by atoms with E-state index in [4.69, 9.17) is 4.42 Å². The molecule has 1 aromatic heterocycles. The Morgan fingerprint density at radius 3 is 1.36 bits per heavy atom. The molecule has 2 aliphatic carbocycles. The van der Waals surface area contributed by atoms with Crippen LogP contribution in [0.5, 0.6) is 0 Å². The molecule has 0 saturated heterocycles. The third-order valence-electron chi connectivity index (χ3n) is 14.0. The zero-order valence-electron chi connectivity index (χ0n) is 39.9. The Morgan fingerprint density at radius 2 is 0.818 bits per heavy atom. The summed E-state index contributed by atoms with van der Waals surface area (Å²) in [6, 6.07) is 79.1. The van der Waals surface area contributed by atoms with Crippen molar-refractivity contribution >= 4 is 28.0 Å². The molecular formula is C64H43NO. The maximum Gasteiger partial charge on any atom is 0.135 e. The Balaban J connectivity index is 1.05. The van der Waals surface area contributed by atoms with Gasteiger partial charge in [-0.25, -0.2) is 0 Å². The minimum atomic E-state index is -0.710. The molecule has 2 nitrogen and oxygen atoms in total. The van der Waals surface area contributed by atoms with Gasteiger partial charge in [-0.15, -0.1) is 0 Å². The summed E-state index contributed by atoms with van der Waals surface area (Å²) in [7, 11) is 0. The van der Waals surface area contributed by atoms with E-state index in [1.54, 1.807) is 6.26 Å². The van der Waals surface area contributed by atoms with Gasteiger partial charge in [-0.2, -0.15) is 0 Å². The van der Waals surface area contributed by atoms with Crippen LogP contribution in [0.3, 0.4) is 0 Å². The first kappa shape index (κ1) is 34.0. The van der Waals surface area contributed by atoms with Gasteiger partial charge in [0, 0.05) is 16.8 Å². The topological polar surface area (TPSA) is 16.4 Å². The Morgan fingerprint density at radius 1 is 0.348 bits per heavy atom. The van der Waals surface area contributed by atoms with Crippen molar-refractivity contribution in [2.75, 3.05) is 4.90 Å². The molecule has 0 atom stereocenters. The molecule has 13 rings (SSSR count). The van der Waals surface area contributed by atoms with Gasteiger partial charge >= 0.3 is 0 Å². The van der Waals surface area contributed by atoms with Crippen molar-refractivity contribution < 1.29 is 9.90 Å². The number of benzene rings is 10. The van der Waals surface area contributed by atoms with Gasteiger partial charge in [0.05, 0.1) is 28.3 Å². The second-order valence-corrected chi connectivity index (χ2v) is 17.2. The molecule has 0 radical (unpaired) electrons. The van der Waals surface area contributed by atoms with Crippen molar-refractivity contribution in [3.05, 3.63) is 305 Å². The Kier molecular flexibility index (Phi) is 7.77. The predicted octanol–water partition coefficient (Wildman–Crippen LogP) is 16.3. The lowest BCUT2D eigenvalue weighted by Gasteiger charge is -2.35. The molecule has 0 N–H and O–H groups in total. The van der Waals surface area contributed by atoms with E-state index in [1.165, 1.54) is 0 Å². The smallest absolute Gasteiger partial charge is 0.135 e. The second kappa shape index (κ2) is 15.1. The highest BCUT2D eigenvalue weighted by Gasteiger charge is 2.47. The molecule has 0 spiro atoms. The summed E-state index contributed by atoms with van der Waals surface area (Å²) in [5, 5.41) is 0.779. The highest BCUT2D eigenvalue weighted by Crippen LogP contribution is 2.59. The fraction of sp³-hybridized carbons (Fsp3) is 0.0312. The van der Waals surface area contributed by atoms with Crippen LogP contribution < -0.4 is 4.90 Å². The third-order valence-corrected chi connectivity index (χ3v) is 14.0. The molecule has 1 heterocycles. The lowest BCUT2D eigenvalue weighted by Crippen LogP contribution is -2.28. The number of hydrogen-bond acceptors (Lipinski definition) is 2. The van der Waals surface area contributed by atoms with Gasteiger partial charge in [0.25, 0.3) is 0 Å². The first-order chi connectivity index (χ1) is 34.4. The van der Waals surface area contributed by atoms with Gasteiger partial charge in [-0.1, -0.05) is 206 Å². The number of hydrogen-bond donors (Lipinski definition) is 0. The molecule has 310 valence electrons. The normalized spacial score (nSPS) is 14.5. The van der Waals surface area contributed by atoms with Gasteiger partial charge in [0.1, 0.15) is 5.58 Å². The highest BCUT2D eigenvalue weighted by molar-refractivity contribution is 5.98. The van der Waals surface area contributed by atoms with Crippen LogP contribution in [0.1, 0.15) is 50.0 Å². The number of anilines is 3. The van der Waals surface area contributed by atoms with Crippen LogP contribution in [0.25, 0.3) is 44.3 Å². The average Bonchev–Trinajstić information content (AvgIpc) is 4.11. The standard InChI is InChI=1S/C64H43NO/c1-5-18-46(19-6-1)63(47-20-7-2-8-21-47)57-28-15-13-26-52(57)54-38-34-45(42-59(54)63)44-32-35-50(36-33-44)65(61-30-17-31-62-56(61)40-41-66-62)51-37-39-55-53-27-14-16-29-58(53)64(60(55)43-51,48-22-9-3-10-23-48)49-24-11-4-12-25-49/h1-43H/i32D,33D,35D,36D. The summed E-state index contributed by atoms with van der Waals surface area (Å²) in [5.74, 6) is 0. The van der Waals surface area contributed by atoms with E-state index in [0.29, 0.717) is 22.5 Å². The van der Waals surface area contributed by atoms with E-state index >= 15 is 0 Å². The zero-order chi connectivity index (χ0) is 47.1. The first-order valence-electron chi connectivity index (χ1n) is 24.5. The minimum Gasteiger partial charge on any atom is -0.464 e. The quantitative estimate of drug-likeness (QED) is 0.151. The fourth-order valence-corrected chi connectivity index (χ4v) is 11.3. The maximum atomic E-state index is 10.1. The molecular weight excluding hydrogens is 799 g/mol. The molecule has 2 aliphatic rings. The summed E-state index contributed by atoms with van der Waals surface area (Å²) >= 11 is 0. The summed E-state index contributed by atoms with van der Waals surface area (Å²) in [5.41, 5.74) is 14.8. The molecule has 11 aromatic rings. The largest absolute Gasteiger partial charge is 0.464 e. The van der Waals surface area contributed by atoms with Crippen LogP contribution in [0, 0.1) is 0 Å². The van der Waals surface area contributed by atoms with E-state index in [1.807, 2.05) is 65.6 Å². The summed E-state index contributed by atoms with van der Waals surface area (Å²) in [6.07, 6.45) is 1.65. The van der Waals surface area contributed by atoms with Crippen LogP contribution in [0.2, 0.25) is 0 Å². The molecule has 0 unspecified atom stereocenters. The van der Waals surface area contributed by atoms with Gasteiger partial charge in [0.2, 0.25) is 0 Å². The maximum absolute atomic E-state index is 10.1. The van der Waals surface area contributed by atoms with E-state index < -0.39 is 10.8 Å². The van der Waals surface area contributed by atoms with Gasteiger partial charge in [-0.05, 0) is 126 Å². The number of furan rings is 1. The van der Waals surface area contributed by atoms with E-state index in [9.17, 15) is 5.48 Å². The highest BCUT2D eigenvalue weighted by atomic mass is 16.3. The minimum absolute atomic E-state index is 0.127. The number of nitrogens with zero attached hydrogens (tertiary/aromatic N) is 1. The van der Waals surface area contributed by atoms with E-state index in [-0.39, 0.29) is 35.4 Å². The van der Waals surface area contributed by atoms with Crippen LogP contribution >= 0.6 is 0 Å². The van der Waals surface area contributed by atoms with Gasteiger partial charge < -0.3 is 9.32 Å².